The van der Waals surface area contributed by atoms with Gasteiger partial charge in [0.05, 0.1) is 13.7 Å². The van der Waals surface area contributed by atoms with Gasteiger partial charge >= 0.3 is 0 Å². The summed E-state index contributed by atoms with van der Waals surface area (Å²) in [6.45, 7) is 24.8. The van der Waals surface area contributed by atoms with Crippen molar-refractivity contribution in [2.75, 3.05) is 13.7 Å². The Morgan fingerprint density at radius 1 is 0.846 bits per heavy atom. The van der Waals surface area contributed by atoms with Gasteiger partial charge in [-0.1, -0.05) is 62.3 Å². The first-order chi connectivity index (χ1) is 11.6. The van der Waals surface area contributed by atoms with Gasteiger partial charge in [-0.2, -0.15) is 0 Å². The van der Waals surface area contributed by atoms with Crippen LogP contribution in [0.1, 0.15) is 73.4 Å². The Labute approximate surface area is 163 Å². The standard InChI is InChI=1S/C22H40O3Si/c1-20(2,3)14-24-16-13-15(21(4,5)6)18(23-10)17(22(7,8)9)19(16)25-26(11)12/h13,26H,14H2,1-12H3. The first-order valence-electron chi connectivity index (χ1n) is 9.63. The molecular weight excluding hydrogens is 340 g/mol. The normalized spacial score (nSPS) is 13.1. The molecule has 0 fully saturated rings. The molecule has 1 aromatic rings. The molecule has 0 saturated carbocycles. The first-order valence-corrected chi connectivity index (χ1v) is 12.4. The predicted octanol–water partition coefficient (Wildman–Crippen LogP) is 6.08. The third-order valence-electron chi connectivity index (χ3n) is 3.97. The Kier molecular flexibility index (Phi) is 6.89. The molecule has 0 aliphatic carbocycles. The molecule has 0 bridgehead atoms. The van der Waals surface area contributed by atoms with E-state index in [1.807, 2.05) is 0 Å². The van der Waals surface area contributed by atoms with Crippen molar-refractivity contribution in [1.82, 2.24) is 0 Å². The molecule has 3 nitrogen and oxygen atoms in total. The summed E-state index contributed by atoms with van der Waals surface area (Å²) in [6, 6.07) is 2.13. The number of hydrogen-bond acceptors (Lipinski definition) is 3. The fourth-order valence-electron chi connectivity index (χ4n) is 2.83. The second-order valence-electron chi connectivity index (χ2n) is 10.7. The van der Waals surface area contributed by atoms with Gasteiger partial charge in [0.2, 0.25) is 9.04 Å². The molecule has 26 heavy (non-hydrogen) atoms. The lowest BCUT2D eigenvalue weighted by Crippen LogP contribution is -2.24. The minimum atomic E-state index is -1.32. The monoisotopic (exact) mass is 380 g/mol. The highest BCUT2D eigenvalue weighted by molar-refractivity contribution is 6.49. The Balaban J connectivity index is 3.80. The van der Waals surface area contributed by atoms with Crippen LogP contribution in [-0.2, 0) is 10.8 Å². The second-order valence-corrected chi connectivity index (χ2v) is 13.0. The molecule has 0 N–H and O–H groups in total. The molecule has 0 amide bonds. The van der Waals surface area contributed by atoms with Crippen LogP contribution in [-0.4, -0.2) is 22.8 Å². The third-order valence-corrected chi connectivity index (χ3v) is 4.68. The molecule has 0 spiro atoms. The number of methoxy groups -OCH3 is 1. The van der Waals surface area contributed by atoms with Crippen molar-refractivity contribution in [2.45, 2.75) is 86.2 Å². The summed E-state index contributed by atoms with van der Waals surface area (Å²) < 4.78 is 18.7. The van der Waals surface area contributed by atoms with E-state index in [9.17, 15) is 0 Å². The zero-order valence-electron chi connectivity index (χ0n) is 19.1. The van der Waals surface area contributed by atoms with Gasteiger partial charge in [0.1, 0.15) is 5.75 Å². The van der Waals surface area contributed by atoms with Gasteiger partial charge in [0.25, 0.3) is 0 Å². The molecule has 0 saturated heterocycles. The van der Waals surface area contributed by atoms with Gasteiger partial charge in [-0.25, -0.2) is 0 Å². The predicted molar refractivity (Wildman–Crippen MR) is 115 cm³/mol. The van der Waals surface area contributed by atoms with E-state index in [1.165, 1.54) is 0 Å². The average Bonchev–Trinajstić information content (AvgIpc) is 2.40. The van der Waals surface area contributed by atoms with Crippen molar-refractivity contribution in [3.63, 3.8) is 0 Å². The zero-order chi connectivity index (χ0) is 20.5. The van der Waals surface area contributed by atoms with E-state index in [1.54, 1.807) is 7.11 Å². The maximum Gasteiger partial charge on any atom is 0.229 e. The highest BCUT2D eigenvalue weighted by atomic mass is 28.3. The lowest BCUT2D eigenvalue weighted by molar-refractivity contribution is 0.193. The number of ether oxygens (including phenoxy) is 2. The van der Waals surface area contributed by atoms with Crippen molar-refractivity contribution in [2.24, 2.45) is 5.41 Å². The fourth-order valence-corrected chi connectivity index (χ4v) is 3.53. The maximum absolute atomic E-state index is 6.41. The van der Waals surface area contributed by atoms with Crippen LogP contribution in [0.5, 0.6) is 17.2 Å². The number of rotatable bonds is 5. The Hall–Kier alpha value is -1.16. The minimum Gasteiger partial charge on any atom is -0.544 e. The largest absolute Gasteiger partial charge is 0.544 e. The summed E-state index contributed by atoms with van der Waals surface area (Å²) in [4.78, 5) is 0. The van der Waals surface area contributed by atoms with Gasteiger partial charge < -0.3 is 13.9 Å². The number of benzene rings is 1. The first kappa shape index (κ1) is 22.9. The molecule has 0 aromatic heterocycles. The van der Waals surface area contributed by atoms with Gasteiger partial charge in [-0.15, -0.1) is 0 Å². The van der Waals surface area contributed by atoms with E-state index in [0.29, 0.717) is 6.61 Å². The minimum absolute atomic E-state index is 0.0566. The van der Waals surface area contributed by atoms with Crippen LogP contribution in [0.25, 0.3) is 0 Å². The molecule has 4 heteroatoms. The van der Waals surface area contributed by atoms with E-state index in [4.69, 9.17) is 13.9 Å². The average molecular weight is 381 g/mol. The summed E-state index contributed by atoms with van der Waals surface area (Å²) in [7, 11) is 0.439. The van der Waals surface area contributed by atoms with E-state index in [2.05, 4.69) is 81.5 Å². The molecule has 0 radical (unpaired) electrons. The lowest BCUT2D eigenvalue weighted by Gasteiger charge is -2.33. The molecule has 0 aliphatic rings. The molecule has 1 aromatic carbocycles. The van der Waals surface area contributed by atoms with Crippen LogP contribution in [0.3, 0.4) is 0 Å². The van der Waals surface area contributed by atoms with Crippen molar-refractivity contribution in [3.8, 4) is 17.2 Å². The highest BCUT2D eigenvalue weighted by Crippen LogP contribution is 2.50. The Morgan fingerprint density at radius 3 is 1.73 bits per heavy atom. The Morgan fingerprint density at radius 2 is 1.38 bits per heavy atom. The van der Waals surface area contributed by atoms with Crippen LogP contribution in [0.15, 0.2) is 6.07 Å². The molecule has 0 unspecified atom stereocenters. The SMILES string of the molecule is COc1c(C(C)(C)C)cc(OCC(C)(C)C)c(O[SiH](C)C)c1C(C)(C)C. The van der Waals surface area contributed by atoms with Crippen LogP contribution in [0, 0.1) is 5.41 Å². The Bertz CT molecular complexity index is 614. The highest BCUT2D eigenvalue weighted by Gasteiger charge is 2.33. The summed E-state index contributed by atoms with van der Waals surface area (Å²) in [5.41, 5.74) is 2.17. The van der Waals surface area contributed by atoms with Gasteiger partial charge in [-0.05, 0) is 35.4 Å². The smallest absolute Gasteiger partial charge is 0.229 e. The van der Waals surface area contributed by atoms with Crippen molar-refractivity contribution in [1.29, 1.82) is 0 Å². The molecule has 0 atom stereocenters. The van der Waals surface area contributed by atoms with Crippen molar-refractivity contribution >= 4 is 9.04 Å². The molecule has 0 heterocycles. The summed E-state index contributed by atoms with van der Waals surface area (Å²) >= 11 is 0. The number of hydrogen-bond donors (Lipinski definition) is 0. The topological polar surface area (TPSA) is 27.7 Å². The van der Waals surface area contributed by atoms with Crippen LogP contribution in [0.2, 0.25) is 13.1 Å². The fraction of sp³-hybridized carbons (Fsp3) is 0.727. The quantitative estimate of drug-likeness (QED) is 0.580. The second kappa shape index (κ2) is 7.83. The van der Waals surface area contributed by atoms with E-state index in [0.717, 1.165) is 28.4 Å². The van der Waals surface area contributed by atoms with Crippen molar-refractivity contribution < 1.29 is 13.9 Å². The van der Waals surface area contributed by atoms with E-state index >= 15 is 0 Å². The zero-order valence-corrected chi connectivity index (χ0v) is 20.2. The van der Waals surface area contributed by atoms with Crippen LogP contribution < -0.4 is 13.9 Å². The van der Waals surface area contributed by atoms with Crippen LogP contribution in [0.4, 0.5) is 0 Å². The van der Waals surface area contributed by atoms with Gasteiger partial charge in [0, 0.05) is 11.1 Å². The summed E-state index contributed by atoms with van der Waals surface area (Å²) in [5.74, 6) is 2.64. The van der Waals surface area contributed by atoms with E-state index in [-0.39, 0.29) is 16.2 Å². The van der Waals surface area contributed by atoms with Crippen molar-refractivity contribution in [3.05, 3.63) is 17.2 Å². The van der Waals surface area contributed by atoms with E-state index < -0.39 is 9.04 Å². The maximum atomic E-state index is 6.41. The third kappa shape index (κ3) is 5.93. The van der Waals surface area contributed by atoms with Gasteiger partial charge in [0.15, 0.2) is 11.5 Å². The van der Waals surface area contributed by atoms with Crippen LogP contribution >= 0.6 is 0 Å². The summed E-state index contributed by atoms with van der Waals surface area (Å²) in [5, 5.41) is 0. The molecule has 1 rings (SSSR count). The summed E-state index contributed by atoms with van der Waals surface area (Å²) in [6.07, 6.45) is 0. The molecular formula is C22H40O3Si. The molecule has 0 aliphatic heterocycles. The van der Waals surface area contributed by atoms with Gasteiger partial charge in [-0.3, -0.25) is 0 Å². The molecule has 150 valence electrons. The lowest BCUT2D eigenvalue weighted by atomic mass is 9.78.